The number of anilines is 1. The number of aryl methyl sites for hydroxylation is 1. The number of nitrogen functional groups attached to an aromatic ring is 1. The fourth-order valence-corrected chi connectivity index (χ4v) is 3.30. The highest BCUT2D eigenvalue weighted by atomic mass is 16.2. The molecule has 1 aromatic heterocycles. The molecule has 3 N–H and O–H groups in total. The third kappa shape index (κ3) is 1.69. The summed E-state index contributed by atoms with van der Waals surface area (Å²) in [6.07, 6.45) is 5.42. The number of nitrogens with one attached hydrogen (secondary N) is 1. The van der Waals surface area contributed by atoms with E-state index in [-0.39, 0.29) is 5.91 Å². The summed E-state index contributed by atoms with van der Waals surface area (Å²) in [5.41, 5.74) is 7.88. The first kappa shape index (κ1) is 11.6. The maximum Gasteiger partial charge on any atom is 0.276 e. The number of fused-ring (bicyclic) bond motifs is 2. The second-order valence-electron chi connectivity index (χ2n) is 5.50. The van der Waals surface area contributed by atoms with E-state index in [2.05, 4.69) is 17.1 Å². The highest BCUT2D eigenvalue weighted by molar-refractivity contribution is 5.98. The number of rotatable bonds is 3. The molecule has 2 aliphatic rings. The second kappa shape index (κ2) is 4.30. The molecule has 1 aliphatic carbocycles. The largest absolute Gasteiger partial charge is 0.395 e. The van der Waals surface area contributed by atoms with Crippen molar-refractivity contribution in [2.75, 3.05) is 12.3 Å². The highest BCUT2D eigenvalue weighted by Gasteiger charge is 2.41. The summed E-state index contributed by atoms with van der Waals surface area (Å²) >= 11 is 0. The van der Waals surface area contributed by atoms with Crippen LogP contribution in [0, 0.1) is 5.92 Å². The van der Waals surface area contributed by atoms with Gasteiger partial charge in [-0.2, -0.15) is 5.10 Å². The van der Waals surface area contributed by atoms with E-state index in [1.807, 2.05) is 4.90 Å². The van der Waals surface area contributed by atoms with Gasteiger partial charge in [0.05, 0.1) is 11.4 Å². The van der Waals surface area contributed by atoms with E-state index in [9.17, 15) is 4.79 Å². The summed E-state index contributed by atoms with van der Waals surface area (Å²) in [4.78, 5) is 14.4. The standard InChI is InChI=1S/C13H20N4O/c1-2-3-10-11(14)12(16-15-10)13(18)17-7-8-4-5-9(17)6-8/h8-9H,2-7,14H2,1H3,(H,15,16). The quantitative estimate of drug-likeness (QED) is 0.852. The monoisotopic (exact) mass is 248 g/mol. The van der Waals surface area contributed by atoms with Gasteiger partial charge in [-0.05, 0) is 31.6 Å². The zero-order chi connectivity index (χ0) is 12.7. The highest BCUT2D eigenvalue weighted by Crippen LogP contribution is 2.38. The van der Waals surface area contributed by atoms with Crippen LogP contribution < -0.4 is 5.73 Å². The number of hydrogen-bond acceptors (Lipinski definition) is 3. The molecule has 1 saturated carbocycles. The van der Waals surface area contributed by atoms with Gasteiger partial charge in [0, 0.05) is 12.6 Å². The molecule has 2 bridgehead atoms. The summed E-state index contributed by atoms with van der Waals surface area (Å²) in [5, 5.41) is 7.02. The maximum atomic E-state index is 12.4. The van der Waals surface area contributed by atoms with Crippen molar-refractivity contribution in [3.8, 4) is 0 Å². The number of likely N-dealkylation sites (tertiary alicyclic amines) is 1. The fraction of sp³-hybridized carbons (Fsp3) is 0.692. The van der Waals surface area contributed by atoms with Crippen LogP contribution in [-0.4, -0.2) is 33.6 Å². The Morgan fingerprint density at radius 3 is 3.00 bits per heavy atom. The van der Waals surface area contributed by atoms with Crippen LogP contribution in [0.3, 0.4) is 0 Å². The van der Waals surface area contributed by atoms with Crippen molar-refractivity contribution in [2.45, 2.75) is 45.1 Å². The van der Waals surface area contributed by atoms with E-state index in [0.717, 1.165) is 37.9 Å². The van der Waals surface area contributed by atoms with Gasteiger partial charge in [0.15, 0.2) is 5.69 Å². The van der Waals surface area contributed by atoms with Gasteiger partial charge in [0.1, 0.15) is 0 Å². The van der Waals surface area contributed by atoms with E-state index in [1.165, 1.54) is 6.42 Å². The number of carbonyl (C=O) groups is 1. The van der Waals surface area contributed by atoms with Crippen molar-refractivity contribution < 1.29 is 4.79 Å². The van der Waals surface area contributed by atoms with Crippen LogP contribution in [0.1, 0.15) is 48.8 Å². The molecule has 1 aromatic rings. The minimum atomic E-state index is 0.0123. The van der Waals surface area contributed by atoms with Crippen LogP contribution in [0.15, 0.2) is 0 Å². The number of nitrogens with two attached hydrogens (primary N) is 1. The maximum absolute atomic E-state index is 12.4. The summed E-state index contributed by atoms with van der Waals surface area (Å²) < 4.78 is 0. The molecule has 1 amide bonds. The summed E-state index contributed by atoms with van der Waals surface area (Å²) in [5.74, 6) is 0.715. The summed E-state index contributed by atoms with van der Waals surface area (Å²) in [7, 11) is 0. The van der Waals surface area contributed by atoms with Crippen molar-refractivity contribution in [1.82, 2.24) is 15.1 Å². The number of aromatic amines is 1. The Bertz CT molecular complexity index is 468. The molecule has 0 aromatic carbocycles. The lowest BCUT2D eigenvalue weighted by atomic mass is 10.1. The first-order valence-corrected chi connectivity index (χ1v) is 6.84. The summed E-state index contributed by atoms with van der Waals surface area (Å²) in [6, 6.07) is 0.424. The van der Waals surface area contributed by atoms with Gasteiger partial charge in [-0.15, -0.1) is 0 Å². The Morgan fingerprint density at radius 2 is 2.39 bits per heavy atom. The Balaban J connectivity index is 1.80. The number of amides is 1. The molecule has 5 nitrogen and oxygen atoms in total. The lowest BCUT2D eigenvalue weighted by molar-refractivity contribution is 0.0698. The first-order valence-electron chi connectivity index (χ1n) is 6.84. The average molecular weight is 248 g/mol. The third-order valence-corrected chi connectivity index (χ3v) is 4.26. The molecule has 2 atom stereocenters. The van der Waals surface area contributed by atoms with Crippen molar-refractivity contribution >= 4 is 11.6 Å². The van der Waals surface area contributed by atoms with Crippen LogP contribution in [-0.2, 0) is 6.42 Å². The fourth-order valence-electron chi connectivity index (χ4n) is 3.30. The molecular weight excluding hydrogens is 228 g/mol. The lowest BCUT2D eigenvalue weighted by Crippen LogP contribution is -2.38. The van der Waals surface area contributed by atoms with Crippen molar-refractivity contribution in [1.29, 1.82) is 0 Å². The van der Waals surface area contributed by atoms with Gasteiger partial charge >= 0.3 is 0 Å². The number of piperidine rings is 1. The van der Waals surface area contributed by atoms with E-state index in [4.69, 9.17) is 5.73 Å². The predicted molar refractivity (Wildman–Crippen MR) is 69.2 cm³/mol. The number of H-pyrrole nitrogens is 1. The minimum Gasteiger partial charge on any atom is -0.395 e. The first-order chi connectivity index (χ1) is 8.70. The molecule has 2 fully saturated rings. The predicted octanol–water partition coefficient (Wildman–Crippen LogP) is 1.57. The van der Waals surface area contributed by atoms with Gasteiger partial charge in [-0.1, -0.05) is 13.3 Å². The van der Waals surface area contributed by atoms with E-state index in [1.54, 1.807) is 0 Å². The van der Waals surface area contributed by atoms with Crippen molar-refractivity contribution in [2.24, 2.45) is 5.92 Å². The normalized spacial score (nSPS) is 25.9. The molecule has 5 heteroatoms. The molecule has 98 valence electrons. The van der Waals surface area contributed by atoms with Crippen LogP contribution >= 0.6 is 0 Å². The number of hydrogen-bond donors (Lipinski definition) is 2. The van der Waals surface area contributed by atoms with Crippen LogP contribution in [0.2, 0.25) is 0 Å². The number of aromatic nitrogens is 2. The van der Waals surface area contributed by atoms with Gasteiger partial charge in [-0.25, -0.2) is 0 Å². The molecule has 1 aliphatic heterocycles. The lowest BCUT2D eigenvalue weighted by Gasteiger charge is -2.26. The van der Waals surface area contributed by atoms with Crippen molar-refractivity contribution in [3.05, 3.63) is 11.4 Å². The van der Waals surface area contributed by atoms with Gasteiger partial charge in [0.25, 0.3) is 5.91 Å². The molecule has 18 heavy (non-hydrogen) atoms. The number of nitrogens with zero attached hydrogens (tertiary/aromatic N) is 2. The van der Waals surface area contributed by atoms with Crippen molar-refractivity contribution in [3.63, 3.8) is 0 Å². The van der Waals surface area contributed by atoms with Crippen LogP contribution in [0.4, 0.5) is 5.69 Å². The Hall–Kier alpha value is -1.52. The van der Waals surface area contributed by atoms with Crippen LogP contribution in [0.5, 0.6) is 0 Å². The summed E-state index contributed by atoms with van der Waals surface area (Å²) in [6.45, 7) is 2.97. The van der Waals surface area contributed by atoms with Crippen LogP contribution in [0.25, 0.3) is 0 Å². The SMILES string of the molecule is CCCc1[nH]nc(C(=O)N2CC3CCC2C3)c1N. The Morgan fingerprint density at radius 1 is 1.56 bits per heavy atom. The van der Waals surface area contributed by atoms with Gasteiger partial charge < -0.3 is 10.6 Å². The smallest absolute Gasteiger partial charge is 0.276 e. The van der Waals surface area contributed by atoms with Gasteiger partial charge in [-0.3, -0.25) is 9.89 Å². The minimum absolute atomic E-state index is 0.0123. The topological polar surface area (TPSA) is 75.0 Å². The Kier molecular flexibility index (Phi) is 2.76. The van der Waals surface area contributed by atoms with E-state index < -0.39 is 0 Å². The molecule has 0 radical (unpaired) electrons. The third-order valence-electron chi connectivity index (χ3n) is 4.26. The Labute approximate surface area is 107 Å². The molecule has 2 unspecified atom stereocenters. The zero-order valence-corrected chi connectivity index (χ0v) is 10.8. The van der Waals surface area contributed by atoms with E-state index in [0.29, 0.717) is 23.3 Å². The second-order valence-corrected chi connectivity index (χ2v) is 5.50. The van der Waals surface area contributed by atoms with Gasteiger partial charge in [0.2, 0.25) is 0 Å². The average Bonchev–Trinajstić information content (AvgIpc) is 3.06. The zero-order valence-electron chi connectivity index (χ0n) is 10.8. The molecular formula is C13H20N4O. The van der Waals surface area contributed by atoms with E-state index >= 15 is 0 Å². The molecule has 0 spiro atoms. The molecule has 2 heterocycles. The molecule has 1 saturated heterocycles. The number of carbonyl (C=O) groups excluding carboxylic acids is 1. The molecule has 3 rings (SSSR count).